The summed E-state index contributed by atoms with van der Waals surface area (Å²) < 4.78 is 5.32. The molecule has 12 heteroatoms. The van der Waals surface area contributed by atoms with Crippen LogP contribution in [0.4, 0.5) is 11.4 Å². The van der Waals surface area contributed by atoms with E-state index < -0.39 is 35.3 Å². The number of fused-ring (bicyclic) bond motifs is 1. The van der Waals surface area contributed by atoms with Gasteiger partial charge in [-0.2, -0.15) is 0 Å². The number of hydrogen-bond acceptors (Lipinski definition) is 9. The lowest BCUT2D eigenvalue weighted by atomic mass is 10.0. The molecule has 0 bridgehead atoms. The highest BCUT2D eigenvalue weighted by molar-refractivity contribution is 6.25. The average molecular weight is 704 g/mol. The van der Waals surface area contributed by atoms with Crippen molar-refractivity contribution in [3.8, 4) is 0 Å². The van der Waals surface area contributed by atoms with E-state index in [4.69, 9.17) is 4.74 Å². The fourth-order valence-corrected chi connectivity index (χ4v) is 6.35. The summed E-state index contributed by atoms with van der Waals surface area (Å²) in [5, 5.41) is 8.50. The highest BCUT2D eigenvalue weighted by atomic mass is 16.6. The summed E-state index contributed by atoms with van der Waals surface area (Å²) in [6, 6.07) is 12.1. The zero-order valence-electron chi connectivity index (χ0n) is 30.5. The third kappa shape index (κ3) is 12.0. The number of amides is 5. The van der Waals surface area contributed by atoms with E-state index in [2.05, 4.69) is 27.9 Å². The van der Waals surface area contributed by atoms with Gasteiger partial charge in [-0.3, -0.25) is 39.0 Å². The van der Waals surface area contributed by atoms with Crippen molar-refractivity contribution in [3.63, 3.8) is 0 Å². The first-order chi connectivity index (χ1) is 24.3. The second-order valence-corrected chi connectivity index (χ2v) is 14.5. The molecular weight excluding hydrogens is 650 g/mol. The largest absolute Gasteiger partial charge is 0.460 e. The molecule has 1 saturated heterocycles. The van der Waals surface area contributed by atoms with Gasteiger partial charge in [0.25, 0.3) is 11.8 Å². The van der Waals surface area contributed by atoms with Gasteiger partial charge in [0, 0.05) is 43.7 Å². The number of carbonyl (C=O) groups excluding carboxylic acids is 6. The summed E-state index contributed by atoms with van der Waals surface area (Å²) in [6.07, 6.45) is 8.41. The Kier molecular flexibility index (Phi) is 14.3. The molecule has 1 unspecified atom stereocenters. The van der Waals surface area contributed by atoms with E-state index in [1.165, 1.54) is 5.56 Å². The predicted octanol–water partition coefficient (Wildman–Crippen LogP) is 5.81. The summed E-state index contributed by atoms with van der Waals surface area (Å²) in [4.78, 5) is 77.6. The van der Waals surface area contributed by atoms with Crippen LogP contribution in [0, 0.1) is 0 Å². The number of anilines is 2. The number of nitrogens with one attached hydrogen (secondary N) is 3. The van der Waals surface area contributed by atoms with Crippen molar-refractivity contribution in [1.82, 2.24) is 15.1 Å². The molecule has 0 radical (unpaired) electrons. The van der Waals surface area contributed by atoms with E-state index in [0.717, 1.165) is 75.0 Å². The zero-order chi connectivity index (χ0) is 37.0. The first kappa shape index (κ1) is 39.2. The maximum atomic E-state index is 13.3. The van der Waals surface area contributed by atoms with Gasteiger partial charge >= 0.3 is 5.97 Å². The maximum absolute atomic E-state index is 13.3. The summed E-state index contributed by atoms with van der Waals surface area (Å²) in [5.74, 6) is -2.21. The normalized spacial score (nSPS) is 15.9. The molecule has 2 heterocycles. The second kappa shape index (κ2) is 18.6. The van der Waals surface area contributed by atoms with Gasteiger partial charge in [0.05, 0.1) is 11.1 Å². The zero-order valence-corrected chi connectivity index (χ0v) is 30.5. The molecule has 1 fully saturated rings. The SMILES string of the molecule is CN(CCCCCCNc1cccc2c1C(=O)N(C1CCC(=O)NC1=O)C2=O)Cc1ccc(NC(=O)CCCCCCC(=O)OC(C)(C)C)cc1. The van der Waals surface area contributed by atoms with Gasteiger partial charge in [-0.25, -0.2) is 0 Å². The standard InChI is InChI=1S/C39H53N5O7/c1-39(2,3)51-34(47)17-10-6-5-9-16-32(45)41-28-20-18-27(19-21-28)26-43(4)25-12-8-7-11-24-40-30-15-13-14-29-35(30)38(50)44(37(29)49)31-22-23-33(46)42-36(31)48/h13-15,18-21,31,40H,5-12,16-17,22-26H2,1-4H3,(H,41,45)(H,42,46,48). The number of carbonyl (C=O) groups is 6. The number of imide groups is 2. The van der Waals surface area contributed by atoms with Crippen LogP contribution in [0.2, 0.25) is 0 Å². The van der Waals surface area contributed by atoms with E-state index in [1.807, 2.05) is 45.0 Å². The monoisotopic (exact) mass is 703 g/mol. The molecule has 0 spiro atoms. The molecule has 0 saturated carbocycles. The lowest BCUT2D eigenvalue weighted by Gasteiger charge is -2.27. The maximum Gasteiger partial charge on any atom is 0.306 e. The number of benzene rings is 2. The topological polar surface area (TPSA) is 154 Å². The van der Waals surface area contributed by atoms with Crippen LogP contribution >= 0.6 is 0 Å². The summed E-state index contributed by atoms with van der Waals surface area (Å²) in [6.45, 7) is 7.99. The molecule has 2 aromatic rings. The van der Waals surface area contributed by atoms with Gasteiger partial charge in [0.2, 0.25) is 17.7 Å². The van der Waals surface area contributed by atoms with E-state index >= 15 is 0 Å². The first-order valence-corrected chi connectivity index (χ1v) is 18.2. The molecule has 5 amide bonds. The van der Waals surface area contributed by atoms with Crippen molar-refractivity contribution in [2.75, 3.05) is 30.8 Å². The van der Waals surface area contributed by atoms with E-state index in [-0.39, 0.29) is 35.8 Å². The summed E-state index contributed by atoms with van der Waals surface area (Å²) >= 11 is 0. The summed E-state index contributed by atoms with van der Waals surface area (Å²) in [5.41, 5.74) is 2.63. The first-order valence-electron chi connectivity index (χ1n) is 18.2. The molecule has 12 nitrogen and oxygen atoms in total. The third-order valence-corrected chi connectivity index (χ3v) is 8.90. The Labute approximate surface area is 301 Å². The highest BCUT2D eigenvalue weighted by Gasteiger charge is 2.45. The van der Waals surface area contributed by atoms with Crippen LogP contribution in [0.3, 0.4) is 0 Å². The Hall–Kier alpha value is -4.58. The molecule has 0 aliphatic carbocycles. The van der Waals surface area contributed by atoms with Gasteiger partial charge in [0.1, 0.15) is 11.6 Å². The van der Waals surface area contributed by atoms with Crippen LogP contribution in [0.5, 0.6) is 0 Å². The van der Waals surface area contributed by atoms with Crippen LogP contribution in [-0.2, 0) is 30.5 Å². The van der Waals surface area contributed by atoms with E-state index in [0.29, 0.717) is 25.1 Å². The number of hydrogen-bond donors (Lipinski definition) is 3. The molecule has 276 valence electrons. The van der Waals surface area contributed by atoms with Crippen molar-refractivity contribution in [3.05, 3.63) is 59.2 Å². The Morgan fingerprint density at radius 2 is 1.57 bits per heavy atom. The smallest absolute Gasteiger partial charge is 0.306 e. The fraction of sp³-hybridized carbons (Fsp3) is 0.538. The molecule has 2 aliphatic rings. The Morgan fingerprint density at radius 3 is 2.27 bits per heavy atom. The van der Waals surface area contributed by atoms with Crippen molar-refractivity contribution < 1.29 is 33.5 Å². The van der Waals surface area contributed by atoms with E-state index in [9.17, 15) is 28.8 Å². The van der Waals surface area contributed by atoms with Gasteiger partial charge < -0.3 is 20.3 Å². The van der Waals surface area contributed by atoms with Crippen molar-refractivity contribution in [2.24, 2.45) is 0 Å². The molecule has 3 N–H and O–H groups in total. The molecule has 2 aliphatic heterocycles. The molecule has 0 aromatic heterocycles. The number of esters is 1. The lowest BCUT2D eigenvalue weighted by molar-refractivity contribution is -0.155. The molecular formula is C39H53N5O7. The summed E-state index contributed by atoms with van der Waals surface area (Å²) in [7, 11) is 2.09. The fourth-order valence-electron chi connectivity index (χ4n) is 6.35. The van der Waals surface area contributed by atoms with Crippen molar-refractivity contribution >= 4 is 46.9 Å². The number of ether oxygens (including phenoxy) is 1. The van der Waals surface area contributed by atoms with Crippen LogP contribution < -0.4 is 16.0 Å². The molecule has 1 atom stereocenters. The van der Waals surface area contributed by atoms with Crippen molar-refractivity contribution in [1.29, 1.82) is 0 Å². The Balaban J connectivity index is 1.07. The highest BCUT2D eigenvalue weighted by Crippen LogP contribution is 2.32. The number of piperidine rings is 1. The Morgan fingerprint density at radius 1 is 0.882 bits per heavy atom. The molecule has 51 heavy (non-hydrogen) atoms. The predicted molar refractivity (Wildman–Crippen MR) is 195 cm³/mol. The van der Waals surface area contributed by atoms with Gasteiger partial charge in [-0.1, -0.05) is 43.9 Å². The van der Waals surface area contributed by atoms with Gasteiger partial charge in [-0.05, 0) is 96.3 Å². The second-order valence-electron chi connectivity index (χ2n) is 14.5. The minimum atomic E-state index is -0.981. The third-order valence-electron chi connectivity index (χ3n) is 8.90. The number of rotatable bonds is 19. The number of nitrogens with zero attached hydrogens (tertiary/aromatic N) is 2. The van der Waals surface area contributed by atoms with Crippen LogP contribution in [0.25, 0.3) is 0 Å². The Bertz CT molecular complexity index is 1570. The van der Waals surface area contributed by atoms with Crippen LogP contribution in [0.15, 0.2) is 42.5 Å². The molecule has 2 aromatic carbocycles. The number of unbranched alkanes of at least 4 members (excludes halogenated alkanes) is 6. The molecule has 4 rings (SSSR count). The lowest BCUT2D eigenvalue weighted by Crippen LogP contribution is -2.54. The average Bonchev–Trinajstić information content (AvgIpc) is 3.32. The van der Waals surface area contributed by atoms with Crippen molar-refractivity contribution in [2.45, 2.75) is 116 Å². The quantitative estimate of drug-likeness (QED) is 0.0934. The van der Waals surface area contributed by atoms with Gasteiger partial charge in [-0.15, -0.1) is 0 Å². The van der Waals surface area contributed by atoms with E-state index in [1.54, 1.807) is 18.2 Å². The minimum absolute atomic E-state index is 0.00472. The minimum Gasteiger partial charge on any atom is -0.460 e. The van der Waals surface area contributed by atoms with Crippen LogP contribution in [-0.4, -0.2) is 77.1 Å². The van der Waals surface area contributed by atoms with Gasteiger partial charge in [0.15, 0.2) is 0 Å². The van der Waals surface area contributed by atoms with Crippen LogP contribution in [0.1, 0.15) is 124 Å².